The first-order chi connectivity index (χ1) is 10.6. The molecule has 1 unspecified atom stereocenters. The summed E-state index contributed by atoms with van der Waals surface area (Å²) in [7, 11) is 0. The van der Waals surface area contributed by atoms with Crippen LogP contribution in [0.2, 0.25) is 0 Å². The van der Waals surface area contributed by atoms with Crippen molar-refractivity contribution in [1.29, 1.82) is 0 Å². The summed E-state index contributed by atoms with van der Waals surface area (Å²) in [5, 5.41) is 9.39. The molecule has 1 atom stereocenters. The van der Waals surface area contributed by atoms with E-state index in [-0.39, 0.29) is 18.3 Å². The van der Waals surface area contributed by atoms with Crippen molar-refractivity contribution in [3.63, 3.8) is 0 Å². The Balaban J connectivity index is 0.00000116. The highest BCUT2D eigenvalue weighted by Gasteiger charge is 2.22. The third-order valence-corrected chi connectivity index (χ3v) is 4.00. The van der Waals surface area contributed by atoms with Gasteiger partial charge < -0.3 is 5.11 Å². The van der Waals surface area contributed by atoms with Gasteiger partial charge in [-0.05, 0) is 59.7 Å². The molecular weight excluding hydrogens is 275 g/mol. The van der Waals surface area contributed by atoms with Gasteiger partial charge in [0.25, 0.3) is 0 Å². The summed E-state index contributed by atoms with van der Waals surface area (Å²) in [6.45, 7) is 12.0. The van der Waals surface area contributed by atoms with Gasteiger partial charge >= 0.3 is 0 Å². The zero-order valence-electron chi connectivity index (χ0n) is 14.1. The van der Waals surface area contributed by atoms with E-state index in [0.29, 0.717) is 0 Å². The largest absolute Gasteiger partial charge is 0.392 e. The molecule has 1 N–H and O–H groups in total. The zero-order valence-corrected chi connectivity index (χ0v) is 14.1. The minimum atomic E-state index is -0.195. The van der Waals surface area contributed by atoms with Gasteiger partial charge in [0.1, 0.15) is 5.82 Å². The Hall–Kier alpha value is -1.67. The third kappa shape index (κ3) is 3.95. The van der Waals surface area contributed by atoms with Crippen molar-refractivity contribution in [2.24, 2.45) is 0 Å². The van der Waals surface area contributed by atoms with Gasteiger partial charge in [0, 0.05) is 5.92 Å². The molecule has 1 nitrogen and oxygen atoms in total. The summed E-state index contributed by atoms with van der Waals surface area (Å²) in [6.07, 6.45) is 5.74. The number of aryl methyl sites for hydroxylation is 1. The first-order valence-electron chi connectivity index (χ1n) is 8.01. The highest BCUT2D eigenvalue weighted by Crippen LogP contribution is 2.37. The standard InChI is InChI=1S/C18H21FO.C2H6/c1-4-5-17-13(3)18-10-15(19)8-6-14(18)7-9-16(17)12(2)11-20;1-2/h4-6,8,10,13,20H,2,7,9,11H2,1,3H3;1-2H3/b5-4-;. The van der Waals surface area contributed by atoms with Gasteiger partial charge in [0.05, 0.1) is 6.61 Å². The van der Waals surface area contributed by atoms with Crippen molar-refractivity contribution < 1.29 is 9.50 Å². The SMILES string of the molecule is C=C(CO)C1=C(/C=C\C)C(C)c2cc(F)ccc2CC1.CC. The molecule has 0 saturated heterocycles. The van der Waals surface area contributed by atoms with E-state index < -0.39 is 0 Å². The Morgan fingerprint density at radius 3 is 2.64 bits per heavy atom. The van der Waals surface area contributed by atoms with Crippen LogP contribution in [0.25, 0.3) is 0 Å². The summed E-state index contributed by atoms with van der Waals surface area (Å²) in [4.78, 5) is 0. The predicted molar refractivity (Wildman–Crippen MR) is 92.5 cm³/mol. The van der Waals surface area contributed by atoms with Gasteiger partial charge in [0.15, 0.2) is 0 Å². The molecule has 1 aromatic carbocycles. The Labute approximate surface area is 133 Å². The summed E-state index contributed by atoms with van der Waals surface area (Å²) in [5.41, 5.74) is 5.23. The zero-order chi connectivity index (χ0) is 16.7. The lowest BCUT2D eigenvalue weighted by molar-refractivity contribution is 0.333. The van der Waals surface area contributed by atoms with Crippen LogP contribution < -0.4 is 0 Å². The molecule has 2 rings (SSSR count). The average molecular weight is 302 g/mol. The monoisotopic (exact) mass is 302 g/mol. The van der Waals surface area contributed by atoms with Crippen molar-refractivity contribution in [2.45, 2.75) is 46.5 Å². The number of hydrogen-bond donors (Lipinski definition) is 1. The van der Waals surface area contributed by atoms with E-state index in [9.17, 15) is 9.50 Å². The van der Waals surface area contributed by atoms with Crippen LogP contribution in [-0.4, -0.2) is 11.7 Å². The fourth-order valence-corrected chi connectivity index (χ4v) is 2.93. The lowest BCUT2D eigenvalue weighted by Crippen LogP contribution is -2.02. The van der Waals surface area contributed by atoms with Crippen molar-refractivity contribution >= 4 is 0 Å². The molecule has 0 amide bonds. The van der Waals surface area contributed by atoms with Gasteiger partial charge in [0.2, 0.25) is 0 Å². The van der Waals surface area contributed by atoms with Crippen molar-refractivity contribution in [1.82, 2.24) is 0 Å². The Kier molecular flexibility index (Phi) is 7.26. The molecule has 0 radical (unpaired) electrons. The minimum absolute atomic E-state index is 0.0339. The molecule has 0 aliphatic heterocycles. The fourth-order valence-electron chi connectivity index (χ4n) is 2.93. The molecule has 0 bridgehead atoms. The number of aliphatic hydroxyl groups excluding tert-OH is 1. The topological polar surface area (TPSA) is 20.2 Å². The van der Waals surface area contributed by atoms with E-state index in [1.807, 2.05) is 32.9 Å². The van der Waals surface area contributed by atoms with Crippen molar-refractivity contribution in [3.05, 3.63) is 70.6 Å². The van der Waals surface area contributed by atoms with E-state index in [4.69, 9.17) is 0 Å². The molecule has 1 aliphatic rings. The molecule has 0 heterocycles. The van der Waals surface area contributed by atoms with Crippen LogP contribution in [0.15, 0.2) is 53.6 Å². The summed E-state index contributed by atoms with van der Waals surface area (Å²) in [6, 6.07) is 5.03. The Morgan fingerprint density at radius 1 is 1.36 bits per heavy atom. The minimum Gasteiger partial charge on any atom is -0.392 e. The van der Waals surface area contributed by atoms with E-state index in [1.54, 1.807) is 6.07 Å². The third-order valence-electron chi connectivity index (χ3n) is 4.00. The van der Waals surface area contributed by atoms with Gasteiger partial charge in [-0.3, -0.25) is 0 Å². The maximum atomic E-state index is 13.5. The van der Waals surface area contributed by atoms with Crippen LogP contribution in [0.1, 0.15) is 51.2 Å². The number of hydrogen-bond acceptors (Lipinski definition) is 1. The molecule has 0 saturated carbocycles. The molecule has 120 valence electrons. The number of fused-ring (bicyclic) bond motifs is 1. The van der Waals surface area contributed by atoms with Crippen molar-refractivity contribution in [3.8, 4) is 0 Å². The van der Waals surface area contributed by atoms with Gasteiger partial charge in [-0.2, -0.15) is 0 Å². The van der Waals surface area contributed by atoms with Crippen LogP contribution in [-0.2, 0) is 6.42 Å². The smallest absolute Gasteiger partial charge is 0.123 e. The number of rotatable bonds is 3. The van der Waals surface area contributed by atoms with E-state index >= 15 is 0 Å². The number of allylic oxidation sites excluding steroid dienone is 3. The molecule has 0 spiro atoms. The molecule has 0 aromatic heterocycles. The summed E-state index contributed by atoms with van der Waals surface area (Å²) < 4.78 is 13.5. The summed E-state index contributed by atoms with van der Waals surface area (Å²) >= 11 is 0. The second-order valence-electron chi connectivity index (χ2n) is 5.26. The van der Waals surface area contributed by atoms with Crippen molar-refractivity contribution in [2.75, 3.05) is 6.61 Å². The predicted octanol–water partition coefficient (Wildman–Crippen LogP) is 5.32. The normalized spacial score (nSPS) is 17.6. The molecule has 1 aliphatic carbocycles. The van der Waals surface area contributed by atoms with Crippen LogP contribution in [0, 0.1) is 5.82 Å². The maximum absolute atomic E-state index is 13.5. The van der Waals surface area contributed by atoms with E-state index in [0.717, 1.165) is 35.1 Å². The quantitative estimate of drug-likeness (QED) is 0.801. The lowest BCUT2D eigenvalue weighted by Gasteiger charge is -2.18. The highest BCUT2D eigenvalue weighted by molar-refractivity contribution is 5.49. The first kappa shape index (κ1) is 18.4. The Bertz CT molecular complexity index is 581. The van der Waals surface area contributed by atoms with Crippen LogP contribution in [0.4, 0.5) is 4.39 Å². The van der Waals surface area contributed by atoms with E-state index in [1.165, 1.54) is 11.6 Å². The number of halogens is 1. The van der Waals surface area contributed by atoms with Crippen LogP contribution in [0.5, 0.6) is 0 Å². The molecule has 22 heavy (non-hydrogen) atoms. The van der Waals surface area contributed by atoms with Crippen LogP contribution in [0.3, 0.4) is 0 Å². The molecular formula is C20H27FO. The number of aliphatic hydroxyl groups is 1. The Morgan fingerprint density at radius 2 is 2.05 bits per heavy atom. The maximum Gasteiger partial charge on any atom is 0.123 e. The number of benzene rings is 1. The second-order valence-corrected chi connectivity index (χ2v) is 5.26. The highest BCUT2D eigenvalue weighted by atomic mass is 19.1. The lowest BCUT2D eigenvalue weighted by atomic mass is 9.87. The van der Waals surface area contributed by atoms with E-state index in [2.05, 4.69) is 19.6 Å². The van der Waals surface area contributed by atoms with Gasteiger partial charge in [-0.15, -0.1) is 0 Å². The molecule has 2 heteroatoms. The van der Waals surface area contributed by atoms with Gasteiger partial charge in [-0.25, -0.2) is 4.39 Å². The average Bonchev–Trinajstić information content (AvgIpc) is 2.67. The second kappa shape index (κ2) is 8.70. The first-order valence-corrected chi connectivity index (χ1v) is 8.01. The van der Waals surface area contributed by atoms with Crippen LogP contribution >= 0.6 is 0 Å². The molecule has 1 aromatic rings. The van der Waals surface area contributed by atoms with Gasteiger partial charge in [-0.1, -0.05) is 45.6 Å². The summed E-state index contributed by atoms with van der Waals surface area (Å²) in [5.74, 6) is -0.0856. The molecule has 0 fully saturated rings. The fraction of sp³-hybridized carbons (Fsp3) is 0.400.